The number of rotatable bonds is 1. The second kappa shape index (κ2) is 3.06. The molecule has 2 rings (SSSR count). The van der Waals surface area contributed by atoms with Gasteiger partial charge < -0.3 is 5.73 Å². The zero-order valence-electron chi connectivity index (χ0n) is 8.73. The monoisotopic (exact) mass is 193 g/mol. The minimum Gasteiger partial charge on any atom is -0.327 e. The van der Waals surface area contributed by atoms with Gasteiger partial charge in [-0.2, -0.15) is 0 Å². The Morgan fingerprint density at radius 2 is 2.00 bits per heavy atom. The molecule has 1 aromatic rings. The Kier molecular flexibility index (Phi) is 2.11. The van der Waals surface area contributed by atoms with Crippen LogP contribution in [0.3, 0.4) is 0 Å². The van der Waals surface area contributed by atoms with Gasteiger partial charge in [-0.15, -0.1) is 0 Å². The summed E-state index contributed by atoms with van der Waals surface area (Å²) in [6, 6.07) is 4.06. The van der Waals surface area contributed by atoms with Crippen molar-refractivity contribution in [1.82, 2.24) is 0 Å². The Hall–Kier alpha value is -0.890. The number of fused-ring (bicyclic) bond motifs is 1. The van der Waals surface area contributed by atoms with Gasteiger partial charge in [-0.3, -0.25) is 0 Å². The molecular weight excluding hydrogens is 177 g/mol. The van der Waals surface area contributed by atoms with Gasteiger partial charge in [-0.05, 0) is 48.9 Å². The molecule has 1 atom stereocenters. The van der Waals surface area contributed by atoms with Crippen LogP contribution in [0.25, 0.3) is 0 Å². The molecule has 1 aliphatic carbocycles. The quantitative estimate of drug-likeness (QED) is 0.728. The number of benzene rings is 1. The van der Waals surface area contributed by atoms with Crippen molar-refractivity contribution in [3.8, 4) is 0 Å². The molecule has 76 valence electrons. The maximum Gasteiger partial charge on any atom is 0.149 e. The Morgan fingerprint density at radius 1 is 1.36 bits per heavy atom. The van der Waals surface area contributed by atoms with E-state index in [1.807, 2.05) is 19.9 Å². The molecule has 1 aliphatic rings. The van der Waals surface area contributed by atoms with Crippen molar-refractivity contribution < 1.29 is 4.39 Å². The van der Waals surface area contributed by atoms with E-state index < -0.39 is 5.67 Å². The second-order valence-corrected chi connectivity index (χ2v) is 4.22. The lowest BCUT2D eigenvalue weighted by molar-refractivity contribution is 0.176. The highest BCUT2D eigenvalue weighted by Crippen LogP contribution is 2.42. The summed E-state index contributed by atoms with van der Waals surface area (Å²) in [7, 11) is 0. The molecule has 0 heterocycles. The molecule has 0 saturated heterocycles. The number of hydrogen-bond acceptors (Lipinski definition) is 1. The van der Waals surface area contributed by atoms with E-state index in [4.69, 9.17) is 5.73 Å². The highest BCUT2D eigenvalue weighted by Gasteiger charge is 2.39. The van der Waals surface area contributed by atoms with E-state index in [-0.39, 0.29) is 6.54 Å². The molecule has 0 radical (unpaired) electrons. The fourth-order valence-electron chi connectivity index (χ4n) is 2.47. The summed E-state index contributed by atoms with van der Waals surface area (Å²) >= 11 is 0. The first kappa shape index (κ1) is 9.66. The fraction of sp³-hybridized carbons (Fsp3) is 0.500. The van der Waals surface area contributed by atoms with Crippen molar-refractivity contribution in [3.05, 3.63) is 34.4 Å². The predicted molar refractivity (Wildman–Crippen MR) is 56.1 cm³/mol. The number of nitrogens with two attached hydrogens (primary N) is 1. The van der Waals surface area contributed by atoms with Crippen LogP contribution in [0.1, 0.15) is 28.7 Å². The van der Waals surface area contributed by atoms with Gasteiger partial charge in [0.25, 0.3) is 0 Å². The van der Waals surface area contributed by atoms with Crippen molar-refractivity contribution in [2.24, 2.45) is 5.73 Å². The van der Waals surface area contributed by atoms with Gasteiger partial charge in [-0.1, -0.05) is 12.1 Å². The third-order valence-electron chi connectivity index (χ3n) is 3.30. The van der Waals surface area contributed by atoms with Crippen LogP contribution in [-0.4, -0.2) is 6.54 Å². The molecule has 1 aromatic carbocycles. The van der Waals surface area contributed by atoms with Gasteiger partial charge in [-0.25, -0.2) is 4.39 Å². The van der Waals surface area contributed by atoms with E-state index in [1.165, 1.54) is 11.1 Å². The van der Waals surface area contributed by atoms with Crippen molar-refractivity contribution in [3.63, 3.8) is 0 Å². The van der Waals surface area contributed by atoms with Crippen LogP contribution in [0.2, 0.25) is 0 Å². The minimum atomic E-state index is -1.27. The molecule has 0 saturated carbocycles. The standard InChI is InChI=1S/C12H16FN/c1-8-3-4-9(2)11-10(8)5-6-12(11,13)7-14/h3-4H,5-7,14H2,1-2H3. The molecule has 2 heteroatoms. The fourth-order valence-corrected chi connectivity index (χ4v) is 2.47. The summed E-state index contributed by atoms with van der Waals surface area (Å²) in [6.45, 7) is 4.11. The van der Waals surface area contributed by atoms with Gasteiger partial charge >= 0.3 is 0 Å². The molecule has 0 aliphatic heterocycles. The predicted octanol–water partition coefficient (Wildman–Crippen LogP) is 2.37. The van der Waals surface area contributed by atoms with Crippen LogP contribution in [0.4, 0.5) is 4.39 Å². The maximum absolute atomic E-state index is 14.4. The summed E-state index contributed by atoms with van der Waals surface area (Å²) in [6.07, 6.45) is 1.38. The molecule has 0 aromatic heterocycles. The molecule has 2 N–H and O–H groups in total. The highest BCUT2D eigenvalue weighted by atomic mass is 19.1. The first-order valence-corrected chi connectivity index (χ1v) is 5.07. The van der Waals surface area contributed by atoms with Crippen LogP contribution < -0.4 is 5.73 Å². The highest BCUT2D eigenvalue weighted by molar-refractivity contribution is 5.47. The summed E-state index contributed by atoms with van der Waals surface area (Å²) < 4.78 is 14.4. The van der Waals surface area contributed by atoms with Crippen LogP contribution in [0, 0.1) is 13.8 Å². The molecule has 0 fully saturated rings. The molecule has 0 bridgehead atoms. The number of alkyl halides is 1. The van der Waals surface area contributed by atoms with Gasteiger partial charge in [0.05, 0.1) is 0 Å². The minimum absolute atomic E-state index is 0.101. The molecule has 1 nitrogen and oxygen atoms in total. The van der Waals surface area contributed by atoms with E-state index in [0.29, 0.717) is 6.42 Å². The third-order valence-corrected chi connectivity index (χ3v) is 3.30. The lowest BCUT2D eigenvalue weighted by Gasteiger charge is -2.20. The van der Waals surface area contributed by atoms with Crippen LogP contribution >= 0.6 is 0 Å². The zero-order chi connectivity index (χ0) is 10.3. The van der Waals surface area contributed by atoms with Gasteiger partial charge in [0.2, 0.25) is 0 Å². The summed E-state index contributed by atoms with van der Waals surface area (Å²) in [5.41, 5.74) is 8.53. The second-order valence-electron chi connectivity index (χ2n) is 4.22. The average Bonchev–Trinajstić information content (AvgIpc) is 2.53. The summed E-state index contributed by atoms with van der Waals surface area (Å²) in [5, 5.41) is 0. The normalized spacial score (nSPS) is 25.1. The number of aryl methyl sites for hydroxylation is 2. The van der Waals surface area contributed by atoms with Crippen molar-refractivity contribution in [1.29, 1.82) is 0 Å². The number of hydrogen-bond donors (Lipinski definition) is 1. The Bertz CT molecular complexity index is 373. The Morgan fingerprint density at radius 3 is 2.64 bits per heavy atom. The Balaban J connectivity index is 2.64. The van der Waals surface area contributed by atoms with Gasteiger partial charge in [0, 0.05) is 6.54 Å². The van der Waals surface area contributed by atoms with Crippen LogP contribution in [0.15, 0.2) is 12.1 Å². The topological polar surface area (TPSA) is 26.0 Å². The maximum atomic E-state index is 14.4. The lowest BCUT2D eigenvalue weighted by atomic mass is 9.92. The lowest BCUT2D eigenvalue weighted by Crippen LogP contribution is -2.28. The van der Waals surface area contributed by atoms with E-state index in [1.54, 1.807) is 0 Å². The first-order valence-electron chi connectivity index (χ1n) is 5.07. The largest absolute Gasteiger partial charge is 0.327 e. The van der Waals surface area contributed by atoms with Crippen LogP contribution in [0.5, 0.6) is 0 Å². The van der Waals surface area contributed by atoms with Crippen molar-refractivity contribution >= 4 is 0 Å². The zero-order valence-corrected chi connectivity index (χ0v) is 8.73. The summed E-state index contributed by atoms with van der Waals surface area (Å²) in [4.78, 5) is 0. The SMILES string of the molecule is Cc1ccc(C)c2c1CCC2(F)CN. The van der Waals surface area contributed by atoms with Crippen molar-refractivity contribution in [2.75, 3.05) is 6.54 Å². The summed E-state index contributed by atoms with van der Waals surface area (Å²) in [5.74, 6) is 0. The molecule has 14 heavy (non-hydrogen) atoms. The molecular formula is C12H16FN. The average molecular weight is 193 g/mol. The van der Waals surface area contributed by atoms with E-state index in [9.17, 15) is 4.39 Å². The smallest absolute Gasteiger partial charge is 0.149 e. The van der Waals surface area contributed by atoms with E-state index >= 15 is 0 Å². The first-order chi connectivity index (χ1) is 6.58. The van der Waals surface area contributed by atoms with E-state index in [0.717, 1.165) is 17.5 Å². The van der Waals surface area contributed by atoms with Gasteiger partial charge in [0.15, 0.2) is 0 Å². The third kappa shape index (κ3) is 1.17. The van der Waals surface area contributed by atoms with Gasteiger partial charge in [0.1, 0.15) is 5.67 Å². The Labute approximate surface area is 84.1 Å². The number of halogens is 1. The van der Waals surface area contributed by atoms with Crippen LogP contribution in [-0.2, 0) is 12.1 Å². The molecule has 1 unspecified atom stereocenters. The van der Waals surface area contributed by atoms with Crippen molar-refractivity contribution in [2.45, 2.75) is 32.4 Å². The molecule has 0 spiro atoms. The molecule has 0 amide bonds. The van der Waals surface area contributed by atoms with E-state index in [2.05, 4.69) is 6.07 Å².